The molecule has 0 aliphatic carbocycles. The molecule has 1 saturated heterocycles. The number of aliphatic hydroxyl groups is 1. The van der Waals surface area contributed by atoms with E-state index in [-0.39, 0.29) is 30.8 Å². The summed E-state index contributed by atoms with van der Waals surface area (Å²) in [6, 6.07) is 19.9. The van der Waals surface area contributed by atoms with Crippen LogP contribution in [0.25, 0.3) is 0 Å². The molecule has 0 spiro atoms. The molecule has 3 aromatic rings. The maximum Gasteiger partial charge on any atom is 0.238 e. The van der Waals surface area contributed by atoms with Gasteiger partial charge < -0.3 is 20.8 Å². The van der Waals surface area contributed by atoms with Gasteiger partial charge in [0, 0.05) is 24.2 Å². The number of phenolic OH excluding ortho intramolecular Hbond substituents is 1. The van der Waals surface area contributed by atoms with Gasteiger partial charge in [0.2, 0.25) is 5.91 Å². The van der Waals surface area contributed by atoms with E-state index in [2.05, 4.69) is 10.6 Å². The fourth-order valence-corrected chi connectivity index (χ4v) is 5.54. The molecule has 6 N–H and O–H groups in total. The van der Waals surface area contributed by atoms with E-state index in [1.807, 2.05) is 37.3 Å². The zero-order chi connectivity index (χ0) is 29.0. The molecular formula is C31H34ClN3O5. The number of hydrogen-bond acceptors (Lipinski definition) is 7. The zero-order valence-electron chi connectivity index (χ0n) is 22.4. The minimum Gasteiger partial charge on any atom is -0.508 e. The number of benzene rings is 3. The number of aryl methyl sites for hydroxylation is 1. The van der Waals surface area contributed by atoms with E-state index in [9.17, 15) is 24.6 Å². The molecule has 1 unspecified atom stereocenters. The molecule has 1 aliphatic heterocycles. The lowest BCUT2D eigenvalue weighted by molar-refractivity contribution is -0.147. The topological polar surface area (TPSA) is 142 Å². The lowest BCUT2D eigenvalue weighted by Crippen LogP contribution is -2.62. The fraction of sp³-hybridized carbons (Fsp3) is 0.323. The minimum atomic E-state index is -2.66. The molecule has 1 fully saturated rings. The first-order valence-electron chi connectivity index (χ1n) is 13.1. The molecule has 40 heavy (non-hydrogen) atoms. The SMILES string of the molecule is Cc1ccccc1CNC(=O)[C@H]1NC[C@@H](Cl)C1C(=O)[C@@](N)(O)[C@H](Cc1ccccc1)C(=O)c1cccc(O)c1C. The van der Waals surface area contributed by atoms with Crippen molar-refractivity contribution in [2.75, 3.05) is 6.54 Å². The highest BCUT2D eigenvalue weighted by Crippen LogP contribution is 2.33. The maximum absolute atomic E-state index is 14.0. The second-order valence-electron chi connectivity index (χ2n) is 10.3. The number of halogens is 1. The average Bonchev–Trinajstić information content (AvgIpc) is 3.33. The molecule has 5 atom stereocenters. The first-order valence-corrected chi connectivity index (χ1v) is 13.6. The molecule has 3 aromatic carbocycles. The molecule has 210 valence electrons. The van der Waals surface area contributed by atoms with Gasteiger partial charge in [-0.3, -0.25) is 20.1 Å². The standard InChI is InChI=1S/C31H34ClN3O5/c1-18-9-6-7-12-21(18)16-35-30(39)27-26(24(32)17-34-27)29(38)31(33,40)23(15-20-10-4-3-5-11-20)28(37)22-13-8-14-25(36)19(22)2/h3-14,23-24,26-27,34,36,40H,15-17,33H2,1-2H3,(H,35,39)/t23-,24-,26?,27+,31+/m1/s1. The summed E-state index contributed by atoms with van der Waals surface area (Å²) in [5.74, 6) is -4.67. The van der Waals surface area contributed by atoms with Crippen LogP contribution < -0.4 is 16.4 Å². The molecule has 0 radical (unpaired) electrons. The normalized spacial score (nSPS) is 20.9. The van der Waals surface area contributed by atoms with Crippen molar-refractivity contribution >= 4 is 29.1 Å². The Morgan fingerprint density at radius 2 is 1.73 bits per heavy atom. The molecule has 1 heterocycles. The van der Waals surface area contributed by atoms with Crippen LogP contribution in [0.5, 0.6) is 5.75 Å². The summed E-state index contributed by atoms with van der Waals surface area (Å²) < 4.78 is 0. The van der Waals surface area contributed by atoms with Crippen molar-refractivity contribution < 1.29 is 24.6 Å². The van der Waals surface area contributed by atoms with Crippen LogP contribution in [0.3, 0.4) is 0 Å². The number of rotatable bonds is 10. The lowest BCUT2D eigenvalue weighted by Gasteiger charge is -2.34. The van der Waals surface area contributed by atoms with Crippen molar-refractivity contribution in [2.24, 2.45) is 17.6 Å². The van der Waals surface area contributed by atoms with Crippen molar-refractivity contribution in [3.05, 3.63) is 101 Å². The fourth-order valence-electron chi connectivity index (χ4n) is 5.19. The van der Waals surface area contributed by atoms with E-state index in [1.165, 1.54) is 18.2 Å². The van der Waals surface area contributed by atoms with Crippen LogP contribution in [-0.2, 0) is 22.6 Å². The Labute approximate surface area is 238 Å². The van der Waals surface area contributed by atoms with E-state index >= 15 is 0 Å². The lowest BCUT2D eigenvalue weighted by atomic mass is 9.76. The van der Waals surface area contributed by atoms with Crippen molar-refractivity contribution in [2.45, 2.75) is 44.0 Å². The smallest absolute Gasteiger partial charge is 0.238 e. The highest BCUT2D eigenvalue weighted by Gasteiger charge is 2.54. The van der Waals surface area contributed by atoms with E-state index in [0.717, 1.165) is 11.1 Å². The van der Waals surface area contributed by atoms with Crippen LogP contribution in [0, 0.1) is 25.7 Å². The molecule has 8 nitrogen and oxygen atoms in total. The van der Waals surface area contributed by atoms with E-state index in [0.29, 0.717) is 11.1 Å². The number of aromatic hydroxyl groups is 1. The van der Waals surface area contributed by atoms with Crippen LogP contribution in [-0.4, -0.2) is 51.4 Å². The van der Waals surface area contributed by atoms with Crippen LogP contribution >= 0.6 is 11.6 Å². The van der Waals surface area contributed by atoms with Gasteiger partial charge in [0.15, 0.2) is 17.3 Å². The predicted molar refractivity (Wildman–Crippen MR) is 153 cm³/mol. The van der Waals surface area contributed by atoms with Crippen LogP contribution in [0.1, 0.15) is 32.6 Å². The van der Waals surface area contributed by atoms with Gasteiger partial charge in [0.1, 0.15) is 5.75 Å². The molecular weight excluding hydrogens is 530 g/mol. The summed E-state index contributed by atoms with van der Waals surface area (Å²) in [6.07, 6.45) is -0.0508. The minimum absolute atomic E-state index is 0.0508. The number of amides is 1. The second kappa shape index (κ2) is 12.3. The summed E-state index contributed by atoms with van der Waals surface area (Å²) in [4.78, 5) is 41.0. The van der Waals surface area contributed by atoms with Gasteiger partial charge in [0.25, 0.3) is 0 Å². The van der Waals surface area contributed by atoms with Crippen molar-refractivity contribution in [1.29, 1.82) is 0 Å². The third-order valence-corrected chi connectivity index (χ3v) is 8.10. The summed E-state index contributed by atoms with van der Waals surface area (Å²) in [5.41, 5.74) is 6.75. The van der Waals surface area contributed by atoms with E-state index in [4.69, 9.17) is 17.3 Å². The number of hydrogen-bond donors (Lipinski definition) is 5. The monoisotopic (exact) mass is 563 g/mol. The van der Waals surface area contributed by atoms with Crippen LogP contribution in [0.15, 0.2) is 72.8 Å². The zero-order valence-corrected chi connectivity index (χ0v) is 23.2. The summed E-state index contributed by atoms with van der Waals surface area (Å²) in [6.45, 7) is 3.89. The average molecular weight is 564 g/mol. The molecule has 0 saturated carbocycles. The molecule has 9 heteroatoms. The Bertz CT molecular complexity index is 1390. The number of phenols is 1. The summed E-state index contributed by atoms with van der Waals surface area (Å²) in [7, 11) is 0. The van der Waals surface area contributed by atoms with Gasteiger partial charge in [-0.1, -0.05) is 66.7 Å². The third-order valence-electron chi connectivity index (χ3n) is 7.68. The Hall–Kier alpha value is -3.56. The predicted octanol–water partition coefficient (Wildman–Crippen LogP) is 2.78. The first-order chi connectivity index (χ1) is 19.0. The van der Waals surface area contributed by atoms with Crippen molar-refractivity contribution in [1.82, 2.24) is 10.6 Å². The number of carbonyl (C=O) groups is 3. The third kappa shape index (κ3) is 6.10. The first kappa shape index (κ1) is 29.4. The van der Waals surface area contributed by atoms with Gasteiger partial charge in [-0.15, -0.1) is 11.6 Å². The summed E-state index contributed by atoms with van der Waals surface area (Å²) in [5, 5.41) is 26.8. The Kier molecular flexibility index (Phi) is 9.05. The molecule has 1 amide bonds. The van der Waals surface area contributed by atoms with Crippen LogP contribution in [0.2, 0.25) is 0 Å². The van der Waals surface area contributed by atoms with E-state index < -0.39 is 46.5 Å². The van der Waals surface area contributed by atoms with Crippen LogP contribution in [0.4, 0.5) is 0 Å². The molecule has 0 aromatic heterocycles. The molecule has 0 bridgehead atoms. The van der Waals surface area contributed by atoms with Gasteiger partial charge in [-0.25, -0.2) is 0 Å². The highest BCUT2D eigenvalue weighted by molar-refractivity contribution is 6.23. The largest absolute Gasteiger partial charge is 0.508 e. The quantitative estimate of drug-likeness (QED) is 0.145. The molecule has 4 rings (SSSR count). The van der Waals surface area contributed by atoms with E-state index in [1.54, 1.807) is 31.2 Å². The Balaban J connectivity index is 1.63. The number of ketones is 2. The number of nitrogens with one attached hydrogen (secondary N) is 2. The number of Topliss-reactive ketones (excluding diaryl/α,β-unsaturated/α-hetero) is 2. The highest BCUT2D eigenvalue weighted by atomic mass is 35.5. The van der Waals surface area contributed by atoms with Crippen molar-refractivity contribution in [3.63, 3.8) is 0 Å². The number of alkyl halides is 1. The van der Waals surface area contributed by atoms with Crippen molar-refractivity contribution in [3.8, 4) is 5.75 Å². The number of carbonyl (C=O) groups excluding carboxylic acids is 3. The second-order valence-corrected chi connectivity index (χ2v) is 10.9. The van der Waals surface area contributed by atoms with Gasteiger partial charge in [0.05, 0.1) is 23.3 Å². The molecule has 1 aliphatic rings. The number of nitrogens with two attached hydrogens (primary N) is 1. The maximum atomic E-state index is 14.0. The Morgan fingerprint density at radius 3 is 2.42 bits per heavy atom. The summed E-state index contributed by atoms with van der Waals surface area (Å²) >= 11 is 6.52. The van der Waals surface area contributed by atoms with Gasteiger partial charge in [-0.2, -0.15) is 0 Å². The van der Waals surface area contributed by atoms with Gasteiger partial charge in [-0.05, 0) is 43.0 Å². The Morgan fingerprint density at radius 1 is 1.05 bits per heavy atom. The van der Waals surface area contributed by atoms with Gasteiger partial charge >= 0.3 is 0 Å².